The summed E-state index contributed by atoms with van der Waals surface area (Å²) < 4.78 is 35.7. The number of nitrogens with zero attached hydrogens (tertiary/aromatic N) is 2. The van der Waals surface area contributed by atoms with Crippen molar-refractivity contribution < 1.29 is 23.1 Å². The molecule has 0 aliphatic heterocycles. The molecule has 4 aromatic rings. The molecule has 0 aliphatic carbocycles. The van der Waals surface area contributed by atoms with E-state index in [1.807, 2.05) is 57.2 Å². The highest BCUT2D eigenvalue weighted by Gasteiger charge is 2.23. The van der Waals surface area contributed by atoms with Crippen LogP contribution in [0.5, 0.6) is 5.75 Å². The van der Waals surface area contributed by atoms with E-state index in [-0.39, 0.29) is 24.5 Å². The van der Waals surface area contributed by atoms with Crippen LogP contribution in [0.2, 0.25) is 5.02 Å². The van der Waals surface area contributed by atoms with E-state index in [0.29, 0.717) is 51.9 Å². The number of rotatable bonds is 11. The third-order valence-electron chi connectivity index (χ3n) is 6.72. The molecular weight excluding hydrogens is 628 g/mol. The molecule has 0 fully saturated rings. The quantitative estimate of drug-likeness (QED) is 0.167. The molecule has 1 amide bonds. The van der Waals surface area contributed by atoms with Crippen molar-refractivity contribution in [1.29, 1.82) is 0 Å². The van der Waals surface area contributed by atoms with Gasteiger partial charge in [-0.15, -0.1) is 0 Å². The van der Waals surface area contributed by atoms with E-state index in [0.717, 1.165) is 15.6 Å². The van der Waals surface area contributed by atoms with Gasteiger partial charge in [0.2, 0.25) is 5.91 Å². The number of amides is 1. The van der Waals surface area contributed by atoms with Gasteiger partial charge in [0.05, 0.1) is 29.7 Å². The number of benzene rings is 3. The monoisotopic (exact) mass is 659 g/mol. The molecule has 6 nitrogen and oxygen atoms in total. The number of ketones is 1. The largest absolute Gasteiger partial charge is 0.493 e. The summed E-state index contributed by atoms with van der Waals surface area (Å²) in [5.41, 5.74) is 3.01. The molecule has 0 aliphatic rings. The Morgan fingerprint density at radius 1 is 1.07 bits per heavy atom. The highest BCUT2D eigenvalue weighted by molar-refractivity contribution is 9.10. The van der Waals surface area contributed by atoms with E-state index in [1.165, 1.54) is 4.57 Å². The van der Waals surface area contributed by atoms with Crippen LogP contribution in [0.25, 0.3) is 11.0 Å². The fraction of sp³-hybridized carbons (Fsp3) is 0.344. The summed E-state index contributed by atoms with van der Waals surface area (Å²) in [6, 6.07) is 16.1. The minimum atomic E-state index is -2.63. The lowest BCUT2D eigenvalue weighted by Crippen LogP contribution is -2.34. The number of hydrogen-bond donors (Lipinski definition) is 1. The normalized spacial score (nSPS) is 11.7. The van der Waals surface area contributed by atoms with Gasteiger partial charge >= 0.3 is 0 Å². The van der Waals surface area contributed by atoms with E-state index in [2.05, 4.69) is 26.2 Å². The molecule has 10 heteroatoms. The fourth-order valence-electron chi connectivity index (χ4n) is 4.55. The number of fused-ring (bicyclic) bond motifs is 1. The minimum absolute atomic E-state index is 0.0895. The second-order valence-corrected chi connectivity index (χ2v) is 12.4. The highest BCUT2D eigenvalue weighted by atomic mass is 79.9. The summed E-state index contributed by atoms with van der Waals surface area (Å²) in [6.45, 7) is 7.32. The number of imidazole rings is 1. The van der Waals surface area contributed by atoms with Crippen LogP contribution >= 0.6 is 27.5 Å². The van der Waals surface area contributed by atoms with Gasteiger partial charge in [-0.3, -0.25) is 9.59 Å². The van der Waals surface area contributed by atoms with Gasteiger partial charge in [0.1, 0.15) is 11.6 Å². The maximum Gasteiger partial charge on any atom is 0.256 e. The molecule has 0 bridgehead atoms. The third-order valence-corrected chi connectivity index (χ3v) is 7.62. The van der Waals surface area contributed by atoms with Crippen LogP contribution < -0.4 is 10.1 Å². The van der Waals surface area contributed by atoms with Crippen LogP contribution in [0.1, 0.15) is 60.6 Å². The molecule has 0 unspecified atom stereocenters. The zero-order valence-electron chi connectivity index (χ0n) is 23.9. The fourth-order valence-corrected chi connectivity index (χ4v) is 4.99. The topological polar surface area (TPSA) is 73.2 Å². The van der Waals surface area contributed by atoms with E-state index in [1.54, 1.807) is 25.1 Å². The van der Waals surface area contributed by atoms with Gasteiger partial charge in [-0.05, 0) is 47.9 Å². The Balaban J connectivity index is 1.71. The summed E-state index contributed by atoms with van der Waals surface area (Å²) in [4.78, 5) is 30.4. The summed E-state index contributed by atoms with van der Waals surface area (Å²) in [5.74, 6) is 0.445. The summed E-state index contributed by atoms with van der Waals surface area (Å²) >= 11 is 9.92. The van der Waals surface area contributed by atoms with Crippen LogP contribution in [0, 0.1) is 5.41 Å². The lowest BCUT2D eigenvalue weighted by molar-refractivity contribution is -0.128. The van der Waals surface area contributed by atoms with Crippen molar-refractivity contribution in [1.82, 2.24) is 14.9 Å². The molecule has 1 heterocycles. The van der Waals surface area contributed by atoms with Gasteiger partial charge in [-0.1, -0.05) is 72.6 Å². The van der Waals surface area contributed by atoms with Crippen molar-refractivity contribution in [2.24, 2.45) is 5.41 Å². The second kappa shape index (κ2) is 13.3. The van der Waals surface area contributed by atoms with Crippen LogP contribution in [0.4, 0.5) is 8.78 Å². The zero-order chi connectivity index (χ0) is 30.6. The lowest BCUT2D eigenvalue weighted by Gasteiger charge is -2.18. The van der Waals surface area contributed by atoms with Gasteiger partial charge in [0.25, 0.3) is 6.43 Å². The molecule has 0 saturated carbocycles. The van der Waals surface area contributed by atoms with Crippen molar-refractivity contribution in [2.45, 2.75) is 60.1 Å². The maximum atomic E-state index is 13.8. The van der Waals surface area contributed by atoms with E-state index in [4.69, 9.17) is 16.3 Å². The van der Waals surface area contributed by atoms with Gasteiger partial charge < -0.3 is 14.6 Å². The molecule has 4 rings (SSSR count). The number of nitrogens with one attached hydrogen (secondary N) is 1. The first kappa shape index (κ1) is 31.6. The minimum Gasteiger partial charge on any atom is -0.493 e. The van der Waals surface area contributed by atoms with Gasteiger partial charge in [-0.25, -0.2) is 13.8 Å². The van der Waals surface area contributed by atoms with Gasteiger partial charge in [0.15, 0.2) is 5.78 Å². The van der Waals surface area contributed by atoms with Crippen molar-refractivity contribution in [3.05, 3.63) is 92.2 Å². The number of ether oxygens (including phenoxy) is 1. The Kier molecular flexibility index (Phi) is 10.0. The van der Waals surface area contributed by atoms with Crippen molar-refractivity contribution in [3.8, 4) is 5.75 Å². The Bertz CT molecular complexity index is 1600. The Morgan fingerprint density at radius 2 is 1.76 bits per heavy atom. The molecule has 222 valence electrons. The van der Waals surface area contributed by atoms with Gasteiger partial charge in [-0.2, -0.15) is 0 Å². The molecule has 42 heavy (non-hydrogen) atoms. The van der Waals surface area contributed by atoms with Gasteiger partial charge in [0, 0.05) is 40.4 Å². The lowest BCUT2D eigenvalue weighted by atomic mass is 9.95. The molecule has 0 spiro atoms. The Labute approximate surface area is 257 Å². The summed E-state index contributed by atoms with van der Waals surface area (Å²) in [7, 11) is 0. The SMILES string of the molecule is CCOc1cc2c(cc1C(=O)Cc1ccc(Br)cc1)nc(Cc1cc(CNC(=O)C(C)(C)C)ccc1Cl)n2CC(F)F. The van der Waals surface area contributed by atoms with Crippen LogP contribution in [0.3, 0.4) is 0 Å². The number of Topliss-reactive ketones (excluding diaryl/α,β-unsaturated/α-hetero) is 1. The zero-order valence-corrected chi connectivity index (χ0v) is 26.3. The molecule has 0 atom stereocenters. The predicted molar refractivity (Wildman–Crippen MR) is 165 cm³/mol. The number of hydrogen-bond acceptors (Lipinski definition) is 4. The van der Waals surface area contributed by atoms with E-state index < -0.39 is 18.4 Å². The first-order valence-corrected chi connectivity index (χ1v) is 14.8. The molecule has 1 N–H and O–H groups in total. The average molecular weight is 661 g/mol. The third kappa shape index (κ3) is 7.75. The van der Waals surface area contributed by atoms with Crippen LogP contribution in [-0.4, -0.2) is 34.3 Å². The molecular formula is C32H33BrClF2N3O3. The van der Waals surface area contributed by atoms with Crippen molar-refractivity contribution >= 4 is 50.3 Å². The van der Waals surface area contributed by atoms with Crippen LogP contribution in [0.15, 0.2) is 59.1 Å². The molecule has 0 saturated heterocycles. The predicted octanol–water partition coefficient (Wildman–Crippen LogP) is 7.79. The molecule has 1 aromatic heterocycles. The number of aromatic nitrogens is 2. The molecule has 0 radical (unpaired) electrons. The number of carbonyl (C=O) groups is 2. The first-order chi connectivity index (χ1) is 19.8. The summed E-state index contributed by atoms with van der Waals surface area (Å²) in [5, 5.41) is 3.37. The highest BCUT2D eigenvalue weighted by Crippen LogP contribution is 2.31. The Hall–Kier alpha value is -3.30. The van der Waals surface area contributed by atoms with Crippen molar-refractivity contribution in [3.63, 3.8) is 0 Å². The standard InChI is InChI=1S/C32H33BrClF2N3O3/c1-5-42-28-16-26-25(15-23(28)27(40)13-19-6-9-22(33)10-7-19)38-30(39(26)18-29(35)36)14-21-12-20(8-11-24(21)34)17-37-31(41)32(2,3)4/h6-12,15-16,29H,5,13-14,17-18H2,1-4H3,(H,37,41). The van der Waals surface area contributed by atoms with E-state index >= 15 is 0 Å². The first-order valence-electron chi connectivity index (χ1n) is 13.6. The average Bonchev–Trinajstić information content (AvgIpc) is 3.24. The van der Waals surface area contributed by atoms with Crippen molar-refractivity contribution in [2.75, 3.05) is 6.61 Å². The van der Waals surface area contributed by atoms with Crippen LogP contribution in [-0.2, 0) is 30.7 Å². The Morgan fingerprint density at radius 3 is 2.40 bits per heavy atom. The number of carbonyl (C=O) groups excluding carboxylic acids is 2. The number of alkyl halides is 2. The van der Waals surface area contributed by atoms with E-state index in [9.17, 15) is 18.4 Å². The summed E-state index contributed by atoms with van der Waals surface area (Å²) in [6.07, 6.45) is -2.31. The molecule has 3 aromatic carbocycles. The maximum absolute atomic E-state index is 13.8. The smallest absolute Gasteiger partial charge is 0.256 e. The second-order valence-electron chi connectivity index (χ2n) is 11.1. The number of halogens is 4.